The Morgan fingerprint density at radius 3 is 2.89 bits per heavy atom. The second-order valence-corrected chi connectivity index (χ2v) is 1.70. The molecule has 5 heteroatoms. The van der Waals surface area contributed by atoms with E-state index in [4.69, 9.17) is 11.5 Å². The number of hydrogen-bond donors (Lipinski definition) is 3. The molecular formula is C4H8N4O. The molecule has 1 rings (SSSR count). The van der Waals surface area contributed by atoms with E-state index in [0.29, 0.717) is 4.74 Å². The van der Waals surface area contributed by atoms with Gasteiger partial charge in [-0.1, -0.05) is 0 Å². The Bertz CT molecular complexity index is 173. The third-order valence-corrected chi connectivity index (χ3v) is 1.03. The molecule has 0 spiro atoms. The fraction of sp³-hybridized carbons (Fsp3) is 0.250. The molecular weight excluding hydrogens is 120 g/mol. The summed E-state index contributed by atoms with van der Waals surface area (Å²) in [5, 5.41) is 13.2. The quantitative estimate of drug-likeness (QED) is 0.265. The van der Waals surface area contributed by atoms with Crippen molar-refractivity contribution in [3.05, 3.63) is 17.5 Å². The van der Waals surface area contributed by atoms with Gasteiger partial charge in [-0.25, -0.2) is 4.74 Å². The smallest absolute Gasteiger partial charge is 0.274 e. The Balaban J connectivity index is 2.83. The second kappa shape index (κ2) is 1.94. The van der Waals surface area contributed by atoms with Gasteiger partial charge in [0, 0.05) is 12.3 Å². The molecule has 0 aliphatic carbocycles. The highest BCUT2D eigenvalue weighted by Crippen LogP contribution is 1.84. The summed E-state index contributed by atoms with van der Waals surface area (Å²) < 4.78 is 0.500. The number of nitrogens with one attached hydrogen (secondary N) is 1. The van der Waals surface area contributed by atoms with E-state index in [2.05, 4.69) is 5.32 Å². The number of nitrogens with two attached hydrogens (primary N) is 2. The van der Waals surface area contributed by atoms with Gasteiger partial charge in [0.05, 0.1) is 0 Å². The third kappa shape index (κ3) is 0.945. The standard InChI is InChI=1S/C4H8N4O/c5-3-1-2-7-4(6)8(3)9/h1-2,4,7H,5-6H2. The SMILES string of the molecule is NC1=[N+]([O-])C(N)NC=C1. The molecule has 9 heavy (non-hydrogen) atoms. The van der Waals surface area contributed by atoms with Crippen molar-refractivity contribution in [3.63, 3.8) is 0 Å². The summed E-state index contributed by atoms with van der Waals surface area (Å²) >= 11 is 0. The van der Waals surface area contributed by atoms with Crippen LogP contribution in [0.2, 0.25) is 0 Å². The molecule has 0 aromatic rings. The molecule has 0 saturated heterocycles. The van der Waals surface area contributed by atoms with E-state index in [1.54, 1.807) is 0 Å². The van der Waals surface area contributed by atoms with Crippen molar-refractivity contribution in [3.8, 4) is 0 Å². The van der Waals surface area contributed by atoms with Crippen LogP contribution in [0.25, 0.3) is 0 Å². The average molecular weight is 128 g/mol. The van der Waals surface area contributed by atoms with Crippen LogP contribution in [0.3, 0.4) is 0 Å². The summed E-state index contributed by atoms with van der Waals surface area (Å²) in [6.07, 6.45) is 2.25. The zero-order chi connectivity index (χ0) is 6.85. The highest BCUT2D eigenvalue weighted by Gasteiger charge is 2.09. The average Bonchev–Trinajstić information content (AvgIpc) is 1.83. The van der Waals surface area contributed by atoms with Crippen molar-refractivity contribution >= 4 is 5.84 Å². The summed E-state index contributed by atoms with van der Waals surface area (Å²) in [7, 11) is 0. The largest absolute Gasteiger partial charge is 0.713 e. The fourth-order valence-corrected chi connectivity index (χ4v) is 0.534. The maximum atomic E-state index is 10.6. The van der Waals surface area contributed by atoms with Gasteiger partial charge in [0.15, 0.2) is 0 Å². The number of amidine groups is 1. The molecule has 0 fully saturated rings. The minimum absolute atomic E-state index is 0.126. The van der Waals surface area contributed by atoms with Crippen LogP contribution in [0.4, 0.5) is 0 Å². The van der Waals surface area contributed by atoms with Crippen LogP contribution in [-0.2, 0) is 0 Å². The van der Waals surface area contributed by atoms with Crippen LogP contribution in [0.5, 0.6) is 0 Å². The normalized spacial score (nSPS) is 26.1. The van der Waals surface area contributed by atoms with Gasteiger partial charge in [0.25, 0.3) is 5.84 Å². The van der Waals surface area contributed by atoms with E-state index in [0.717, 1.165) is 0 Å². The second-order valence-electron chi connectivity index (χ2n) is 1.70. The molecule has 1 unspecified atom stereocenters. The van der Waals surface area contributed by atoms with Gasteiger partial charge < -0.3 is 10.5 Å². The highest BCUT2D eigenvalue weighted by atomic mass is 16.5. The molecule has 0 aromatic carbocycles. The Morgan fingerprint density at radius 2 is 2.44 bits per heavy atom. The minimum Gasteiger partial charge on any atom is -0.713 e. The Hall–Kier alpha value is -1.23. The lowest BCUT2D eigenvalue weighted by atomic mass is 10.5. The van der Waals surface area contributed by atoms with Gasteiger partial charge in [-0.15, -0.1) is 0 Å². The van der Waals surface area contributed by atoms with Crippen LogP contribution < -0.4 is 16.8 Å². The van der Waals surface area contributed by atoms with Gasteiger partial charge in [0.2, 0.25) is 6.29 Å². The van der Waals surface area contributed by atoms with Crippen molar-refractivity contribution < 1.29 is 4.74 Å². The van der Waals surface area contributed by atoms with Crippen molar-refractivity contribution in [2.75, 3.05) is 0 Å². The first-order valence-electron chi connectivity index (χ1n) is 2.49. The van der Waals surface area contributed by atoms with Crippen molar-refractivity contribution in [1.82, 2.24) is 5.32 Å². The summed E-state index contributed by atoms with van der Waals surface area (Å²) in [4.78, 5) is 0. The van der Waals surface area contributed by atoms with Gasteiger partial charge in [-0.2, -0.15) is 0 Å². The van der Waals surface area contributed by atoms with Crippen LogP contribution in [0.1, 0.15) is 0 Å². The molecule has 0 bridgehead atoms. The first-order valence-corrected chi connectivity index (χ1v) is 2.49. The molecule has 1 aliphatic heterocycles. The van der Waals surface area contributed by atoms with E-state index in [9.17, 15) is 5.21 Å². The molecule has 5 N–H and O–H groups in total. The maximum absolute atomic E-state index is 10.6. The van der Waals surface area contributed by atoms with Crippen LogP contribution >= 0.6 is 0 Å². The molecule has 0 radical (unpaired) electrons. The zero-order valence-corrected chi connectivity index (χ0v) is 4.74. The lowest BCUT2D eigenvalue weighted by molar-refractivity contribution is -0.507. The summed E-state index contributed by atoms with van der Waals surface area (Å²) in [6.45, 7) is 0. The van der Waals surface area contributed by atoms with Crippen molar-refractivity contribution in [2.24, 2.45) is 11.5 Å². The molecule has 0 aromatic heterocycles. The van der Waals surface area contributed by atoms with E-state index in [1.807, 2.05) is 0 Å². The molecule has 1 heterocycles. The molecule has 50 valence electrons. The Labute approximate surface area is 52.2 Å². The van der Waals surface area contributed by atoms with Gasteiger partial charge in [0.1, 0.15) is 0 Å². The molecule has 1 atom stereocenters. The van der Waals surface area contributed by atoms with Crippen molar-refractivity contribution in [1.29, 1.82) is 0 Å². The first kappa shape index (κ1) is 5.90. The summed E-state index contributed by atoms with van der Waals surface area (Å²) in [5.41, 5.74) is 10.4. The Morgan fingerprint density at radius 1 is 1.78 bits per heavy atom. The first-order chi connectivity index (χ1) is 4.22. The van der Waals surface area contributed by atoms with E-state index in [-0.39, 0.29) is 5.84 Å². The lowest BCUT2D eigenvalue weighted by Gasteiger charge is -2.20. The predicted octanol–water partition coefficient (Wildman–Crippen LogP) is -1.79. The lowest BCUT2D eigenvalue weighted by Crippen LogP contribution is -2.48. The number of rotatable bonds is 0. The third-order valence-electron chi connectivity index (χ3n) is 1.03. The zero-order valence-electron chi connectivity index (χ0n) is 4.74. The number of hydroxylamine groups is 1. The van der Waals surface area contributed by atoms with Gasteiger partial charge in [-0.3, -0.25) is 11.5 Å². The van der Waals surface area contributed by atoms with Crippen LogP contribution in [0.15, 0.2) is 12.3 Å². The van der Waals surface area contributed by atoms with E-state index in [1.165, 1.54) is 12.3 Å². The fourth-order valence-electron chi connectivity index (χ4n) is 0.534. The number of nitrogens with zero attached hydrogens (tertiary/aromatic N) is 1. The summed E-state index contributed by atoms with van der Waals surface area (Å²) in [5.74, 6) is 0.126. The predicted molar refractivity (Wildman–Crippen MR) is 33.1 cm³/mol. The highest BCUT2D eigenvalue weighted by molar-refractivity contribution is 5.87. The minimum atomic E-state index is -0.741. The summed E-state index contributed by atoms with van der Waals surface area (Å²) in [6, 6.07) is 0. The van der Waals surface area contributed by atoms with Gasteiger partial charge >= 0.3 is 0 Å². The van der Waals surface area contributed by atoms with E-state index < -0.39 is 6.29 Å². The van der Waals surface area contributed by atoms with E-state index >= 15 is 0 Å². The monoisotopic (exact) mass is 128 g/mol. The Kier molecular flexibility index (Phi) is 1.27. The molecule has 5 nitrogen and oxygen atoms in total. The number of hydrogen-bond acceptors (Lipinski definition) is 4. The topological polar surface area (TPSA) is 90.1 Å². The van der Waals surface area contributed by atoms with Crippen LogP contribution in [0, 0.1) is 5.21 Å². The molecule has 0 saturated carbocycles. The molecule has 0 amide bonds. The maximum Gasteiger partial charge on any atom is 0.274 e. The van der Waals surface area contributed by atoms with Crippen LogP contribution in [-0.4, -0.2) is 16.9 Å². The van der Waals surface area contributed by atoms with Gasteiger partial charge in [-0.05, 0) is 0 Å². The molecule has 1 aliphatic rings. The van der Waals surface area contributed by atoms with Crippen molar-refractivity contribution in [2.45, 2.75) is 6.29 Å².